The van der Waals surface area contributed by atoms with Gasteiger partial charge in [0.1, 0.15) is 5.41 Å². The van der Waals surface area contributed by atoms with E-state index >= 15 is 0 Å². The Morgan fingerprint density at radius 1 is 1.20 bits per heavy atom. The van der Waals surface area contributed by atoms with E-state index in [9.17, 15) is 9.59 Å². The smallest absolute Gasteiger partial charge is 0.321 e. The van der Waals surface area contributed by atoms with Gasteiger partial charge in [-0.25, -0.2) is 0 Å². The number of methoxy groups -OCH3 is 1. The topological polar surface area (TPSA) is 58.6 Å². The number of carbonyl (C=O) groups is 2. The Balaban J connectivity index is 1.36. The molecule has 1 N–H and O–H groups in total. The molecule has 1 heterocycles. The van der Waals surface area contributed by atoms with E-state index in [1.54, 1.807) is 0 Å². The van der Waals surface area contributed by atoms with E-state index < -0.39 is 5.41 Å². The third-order valence-corrected chi connectivity index (χ3v) is 6.26. The van der Waals surface area contributed by atoms with Crippen LogP contribution >= 0.6 is 0 Å². The fraction of sp³-hybridized carbons (Fsp3) is 0.600. The van der Waals surface area contributed by atoms with E-state index in [0.717, 1.165) is 32.5 Å². The largest absolute Gasteiger partial charge is 0.468 e. The molecule has 5 nitrogen and oxygen atoms in total. The number of nitrogens with zero attached hydrogens (tertiary/aromatic N) is 1. The number of esters is 1. The summed E-state index contributed by atoms with van der Waals surface area (Å²) in [4.78, 5) is 27.0. The predicted octanol–water partition coefficient (Wildman–Crippen LogP) is 1.97. The average molecular weight is 342 g/mol. The lowest BCUT2D eigenvalue weighted by atomic mass is 9.97. The van der Waals surface area contributed by atoms with Crippen molar-refractivity contribution in [2.75, 3.05) is 20.2 Å². The fourth-order valence-corrected chi connectivity index (χ4v) is 4.66. The standard InChI is InChI=1S/C20H26N2O3/c1-25-19(24)20(9-10-20)18(23)21-17-8-7-15-12-22(13-16(15)17)11-14-5-3-2-4-6-14/h2-6,15-17H,7-13H2,1H3,(H,21,23)/t15-,16+,17-/m1/s1. The molecule has 1 aromatic carbocycles. The molecule has 25 heavy (non-hydrogen) atoms. The summed E-state index contributed by atoms with van der Waals surface area (Å²) in [6.07, 6.45) is 3.42. The van der Waals surface area contributed by atoms with Crippen molar-refractivity contribution in [3.63, 3.8) is 0 Å². The lowest BCUT2D eigenvalue weighted by molar-refractivity contribution is -0.152. The molecule has 1 amide bonds. The van der Waals surface area contributed by atoms with E-state index in [4.69, 9.17) is 4.74 Å². The van der Waals surface area contributed by atoms with Gasteiger partial charge in [-0.1, -0.05) is 30.3 Å². The molecule has 0 aromatic heterocycles. The van der Waals surface area contributed by atoms with Crippen LogP contribution in [0, 0.1) is 17.3 Å². The summed E-state index contributed by atoms with van der Waals surface area (Å²) in [5, 5.41) is 3.19. The molecule has 4 rings (SSSR count). The number of ether oxygens (including phenoxy) is 1. The molecular formula is C20H26N2O3. The minimum Gasteiger partial charge on any atom is -0.468 e. The van der Waals surface area contributed by atoms with Crippen LogP contribution in [0.15, 0.2) is 30.3 Å². The zero-order valence-electron chi connectivity index (χ0n) is 14.7. The van der Waals surface area contributed by atoms with Gasteiger partial charge in [-0.15, -0.1) is 0 Å². The Kier molecular flexibility index (Phi) is 4.28. The second-order valence-corrected chi connectivity index (χ2v) is 7.83. The molecule has 0 spiro atoms. The number of rotatable bonds is 5. The lowest BCUT2D eigenvalue weighted by Gasteiger charge is -2.23. The van der Waals surface area contributed by atoms with Crippen LogP contribution in [-0.4, -0.2) is 43.0 Å². The SMILES string of the molecule is COC(=O)C1(C(=O)N[C@@H]2CC[C@@H]3CN(Cc4ccccc4)C[C@@H]32)CC1. The quantitative estimate of drug-likeness (QED) is 0.656. The van der Waals surface area contributed by atoms with Crippen molar-refractivity contribution in [3.05, 3.63) is 35.9 Å². The summed E-state index contributed by atoms with van der Waals surface area (Å²) in [6, 6.07) is 10.7. The minimum atomic E-state index is -0.894. The van der Waals surface area contributed by atoms with Gasteiger partial charge in [0, 0.05) is 25.7 Å². The Bertz CT molecular complexity index is 656. The number of amides is 1. The number of hydrogen-bond acceptors (Lipinski definition) is 4. The maximum Gasteiger partial charge on any atom is 0.321 e. The average Bonchev–Trinajstić information content (AvgIpc) is 3.24. The van der Waals surface area contributed by atoms with Crippen molar-refractivity contribution in [2.24, 2.45) is 17.3 Å². The molecule has 5 heteroatoms. The summed E-state index contributed by atoms with van der Waals surface area (Å²) >= 11 is 0. The van der Waals surface area contributed by atoms with E-state index in [1.807, 2.05) is 6.07 Å². The summed E-state index contributed by atoms with van der Waals surface area (Å²) in [6.45, 7) is 3.10. The van der Waals surface area contributed by atoms with Crippen molar-refractivity contribution >= 4 is 11.9 Å². The molecule has 0 unspecified atom stereocenters. The highest BCUT2D eigenvalue weighted by Crippen LogP contribution is 2.48. The summed E-state index contributed by atoms with van der Waals surface area (Å²) in [5.41, 5.74) is 0.445. The molecule has 2 saturated carbocycles. The fourth-order valence-electron chi connectivity index (χ4n) is 4.66. The maximum absolute atomic E-state index is 12.6. The maximum atomic E-state index is 12.6. The zero-order chi connectivity index (χ0) is 17.4. The number of hydrogen-bond donors (Lipinski definition) is 1. The highest BCUT2D eigenvalue weighted by molar-refractivity contribution is 6.05. The molecule has 3 fully saturated rings. The van der Waals surface area contributed by atoms with Crippen LogP contribution < -0.4 is 5.32 Å². The Labute approximate surface area is 148 Å². The lowest BCUT2D eigenvalue weighted by Crippen LogP contribution is -2.45. The molecule has 0 radical (unpaired) electrons. The first-order chi connectivity index (χ1) is 12.1. The third-order valence-electron chi connectivity index (χ3n) is 6.26. The molecule has 2 aliphatic carbocycles. The van der Waals surface area contributed by atoms with E-state index in [-0.39, 0.29) is 17.9 Å². The van der Waals surface area contributed by atoms with Gasteiger partial charge >= 0.3 is 5.97 Å². The Hall–Kier alpha value is -1.88. The van der Waals surface area contributed by atoms with Gasteiger partial charge in [0.05, 0.1) is 7.11 Å². The van der Waals surface area contributed by atoms with Crippen LogP contribution in [-0.2, 0) is 20.9 Å². The van der Waals surface area contributed by atoms with Crippen LogP contribution in [0.5, 0.6) is 0 Å². The van der Waals surface area contributed by atoms with Gasteiger partial charge in [0.2, 0.25) is 5.91 Å². The summed E-state index contributed by atoms with van der Waals surface area (Å²) in [7, 11) is 1.36. The van der Waals surface area contributed by atoms with Gasteiger partial charge < -0.3 is 10.1 Å². The number of benzene rings is 1. The Morgan fingerprint density at radius 2 is 1.96 bits per heavy atom. The van der Waals surface area contributed by atoms with Crippen LogP contribution in [0.2, 0.25) is 0 Å². The molecule has 3 aliphatic rings. The molecule has 1 aromatic rings. The van der Waals surface area contributed by atoms with Crippen LogP contribution in [0.3, 0.4) is 0 Å². The number of nitrogens with one attached hydrogen (secondary N) is 1. The first-order valence-corrected chi connectivity index (χ1v) is 9.28. The van der Waals surface area contributed by atoms with Crippen molar-refractivity contribution in [3.8, 4) is 0 Å². The van der Waals surface area contributed by atoms with Crippen molar-refractivity contribution in [1.29, 1.82) is 0 Å². The predicted molar refractivity (Wildman–Crippen MR) is 93.5 cm³/mol. The van der Waals surface area contributed by atoms with E-state index in [2.05, 4.69) is 34.5 Å². The number of likely N-dealkylation sites (tertiary alicyclic amines) is 1. The highest BCUT2D eigenvalue weighted by Gasteiger charge is 2.58. The molecule has 134 valence electrons. The first-order valence-electron chi connectivity index (χ1n) is 9.28. The van der Waals surface area contributed by atoms with Gasteiger partial charge in [-0.3, -0.25) is 14.5 Å². The first kappa shape index (κ1) is 16.6. The minimum absolute atomic E-state index is 0.119. The number of fused-ring (bicyclic) bond motifs is 1. The van der Waals surface area contributed by atoms with Gasteiger partial charge in [-0.2, -0.15) is 0 Å². The molecule has 1 saturated heterocycles. The van der Waals surface area contributed by atoms with E-state index in [1.165, 1.54) is 12.7 Å². The Morgan fingerprint density at radius 3 is 2.64 bits per heavy atom. The second kappa shape index (κ2) is 6.45. The monoisotopic (exact) mass is 342 g/mol. The third kappa shape index (κ3) is 3.06. The summed E-state index contributed by atoms with van der Waals surface area (Å²) in [5.74, 6) is 0.659. The number of carbonyl (C=O) groups excluding carboxylic acids is 2. The van der Waals surface area contributed by atoms with Crippen LogP contribution in [0.1, 0.15) is 31.2 Å². The van der Waals surface area contributed by atoms with Crippen molar-refractivity contribution < 1.29 is 14.3 Å². The molecular weight excluding hydrogens is 316 g/mol. The van der Waals surface area contributed by atoms with Crippen molar-refractivity contribution in [2.45, 2.75) is 38.3 Å². The van der Waals surface area contributed by atoms with Gasteiger partial charge in [0.15, 0.2) is 0 Å². The van der Waals surface area contributed by atoms with Gasteiger partial charge in [-0.05, 0) is 43.1 Å². The van der Waals surface area contributed by atoms with Crippen LogP contribution in [0.25, 0.3) is 0 Å². The molecule has 3 atom stereocenters. The van der Waals surface area contributed by atoms with Gasteiger partial charge in [0.25, 0.3) is 0 Å². The summed E-state index contributed by atoms with van der Waals surface area (Å²) < 4.78 is 4.83. The molecule has 0 bridgehead atoms. The highest BCUT2D eigenvalue weighted by atomic mass is 16.5. The molecule has 1 aliphatic heterocycles. The van der Waals surface area contributed by atoms with Crippen LogP contribution in [0.4, 0.5) is 0 Å². The normalized spacial score (nSPS) is 29.9. The van der Waals surface area contributed by atoms with Crippen molar-refractivity contribution in [1.82, 2.24) is 10.2 Å². The zero-order valence-corrected chi connectivity index (χ0v) is 14.7. The van der Waals surface area contributed by atoms with E-state index in [0.29, 0.717) is 24.7 Å². The second-order valence-electron chi connectivity index (χ2n) is 7.83.